The molecule has 1 aromatic rings. The van der Waals surface area contributed by atoms with Crippen LogP contribution in [0.15, 0.2) is 59.7 Å². The molecule has 1 aliphatic rings. The first-order valence-electron chi connectivity index (χ1n) is 8.48. The van der Waals surface area contributed by atoms with Crippen LogP contribution in [0.25, 0.3) is 0 Å². The molecular formula is C22H24FNO. The molecule has 0 saturated heterocycles. The van der Waals surface area contributed by atoms with E-state index in [-0.39, 0.29) is 23.2 Å². The van der Waals surface area contributed by atoms with E-state index in [4.69, 9.17) is 0 Å². The van der Waals surface area contributed by atoms with Crippen molar-refractivity contribution in [2.24, 2.45) is 5.92 Å². The van der Waals surface area contributed by atoms with Crippen LogP contribution in [0.1, 0.15) is 39.7 Å². The number of amides is 1. The Labute approximate surface area is 149 Å². The van der Waals surface area contributed by atoms with Crippen molar-refractivity contribution in [3.63, 3.8) is 0 Å². The molecule has 3 heteroatoms. The second kappa shape index (κ2) is 7.98. The van der Waals surface area contributed by atoms with Crippen LogP contribution in [0.5, 0.6) is 0 Å². The van der Waals surface area contributed by atoms with E-state index >= 15 is 0 Å². The highest BCUT2D eigenvalue weighted by molar-refractivity contribution is 5.95. The number of hydrogen-bond donors (Lipinski definition) is 1. The predicted octanol–water partition coefficient (Wildman–Crippen LogP) is 4.54. The molecule has 1 amide bonds. The second-order valence-corrected chi connectivity index (χ2v) is 7.08. The van der Waals surface area contributed by atoms with Gasteiger partial charge in [-0.2, -0.15) is 0 Å². The summed E-state index contributed by atoms with van der Waals surface area (Å²) in [5.74, 6) is 5.69. The largest absolute Gasteiger partial charge is 0.348 e. The van der Waals surface area contributed by atoms with E-state index in [0.717, 1.165) is 17.6 Å². The Kier molecular flexibility index (Phi) is 5.98. The molecule has 130 valence electrons. The minimum atomic E-state index is -0.302. The lowest BCUT2D eigenvalue weighted by Gasteiger charge is -2.23. The topological polar surface area (TPSA) is 29.1 Å². The van der Waals surface area contributed by atoms with Crippen LogP contribution in [0.4, 0.5) is 4.39 Å². The zero-order valence-electron chi connectivity index (χ0n) is 15.2. The maximum atomic E-state index is 13.2. The van der Waals surface area contributed by atoms with Crippen LogP contribution < -0.4 is 5.32 Å². The summed E-state index contributed by atoms with van der Waals surface area (Å²) < 4.78 is 13.2. The molecule has 0 fully saturated rings. The number of benzene rings is 1. The third-order valence-electron chi connectivity index (χ3n) is 3.72. The van der Waals surface area contributed by atoms with E-state index in [2.05, 4.69) is 24.1 Å². The Morgan fingerprint density at radius 3 is 2.64 bits per heavy atom. The van der Waals surface area contributed by atoms with Gasteiger partial charge < -0.3 is 5.32 Å². The Bertz CT molecular complexity index is 797. The average molecular weight is 337 g/mol. The molecule has 1 unspecified atom stereocenters. The molecule has 0 bridgehead atoms. The van der Waals surface area contributed by atoms with Gasteiger partial charge in [0.05, 0.1) is 0 Å². The van der Waals surface area contributed by atoms with E-state index in [1.807, 2.05) is 45.1 Å². The second-order valence-electron chi connectivity index (χ2n) is 7.08. The SMILES string of the molecule is CCC1C=CC(C#Cc2cccc(F)c2)=CC=C1C(=O)NC(C)(C)C. The molecule has 0 radical (unpaired) electrons. The third kappa shape index (κ3) is 5.76. The van der Waals surface area contributed by atoms with Gasteiger partial charge in [0.25, 0.3) is 0 Å². The van der Waals surface area contributed by atoms with Crippen molar-refractivity contribution in [3.05, 3.63) is 71.1 Å². The van der Waals surface area contributed by atoms with Gasteiger partial charge >= 0.3 is 0 Å². The maximum Gasteiger partial charge on any atom is 0.248 e. The maximum absolute atomic E-state index is 13.2. The molecular weight excluding hydrogens is 313 g/mol. The summed E-state index contributed by atoms with van der Waals surface area (Å²) in [6, 6.07) is 6.20. The molecule has 1 aliphatic carbocycles. The molecule has 2 rings (SSSR count). The van der Waals surface area contributed by atoms with Gasteiger partial charge in [0.1, 0.15) is 5.82 Å². The van der Waals surface area contributed by atoms with Gasteiger partial charge in [-0.3, -0.25) is 4.79 Å². The van der Waals surface area contributed by atoms with Gasteiger partial charge in [0, 0.05) is 28.2 Å². The fourth-order valence-electron chi connectivity index (χ4n) is 2.49. The van der Waals surface area contributed by atoms with Gasteiger partial charge in [-0.1, -0.05) is 37.0 Å². The molecule has 1 N–H and O–H groups in total. The third-order valence-corrected chi connectivity index (χ3v) is 3.72. The number of carbonyl (C=O) groups is 1. The molecule has 0 heterocycles. The average Bonchev–Trinajstić information content (AvgIpc) is 2.73. The normalized spacial score (nSPS) is 16.9. The fourth-order valence-corrected chi connectivity index (χ4v) is 2.49. The van der Waals surface area contributed by atoms with Crippen LogP contribution in [-0.2, 0) is 4.79 Å². The number of nitrogens with one attached hydrogen (secondary N) is 1. The zero-order valence-corrected chi connectivity index (χ0v) is 15.2. The number of rotatable bonds is 2. The van der Waals surface area contributed by atoms with Crippen molar-refractivity contribution < 1.29 is 9.18 Å². The lowest BCUT2D eigenvalue weighted by atomic mass is 9.94. The first-order chi connectivity index (χ1) is 11.8. The van der Waals surface area contributed by atoms with Gasteiger partial charge in [0.15, 0.2) is 0 Å². The Morgan fingerprint density at radius 1 is 1.24 bits per heavy atom. The molecule has 0 spiro atoms. The fraction of sp³-hybridized carbons (Fsp3) is 0.318. The smallest absolute Gasteiger partial charge is 0.248 e. The van der Waals surface area contributed by atoms with E-state index in [9.17, 15) is 9.18 Å². The zero-order chi connectivity index (χ0) is 18.4. The summed E-state index contributed by atoms with van der Waals surface area (Å²) in [6.45, 7) is 7.94. The highest BCUT2D eigenvalue weighted by Crippen LogP contribution is 2.22. The van der Waals surface area contributed by atoms with Crippen LogP contribution in [0.3, 0.4) is 0 Å². The summed E-state index contributed by atoms with van der Waals surface area (Å²) in [7, 11) is 0. The van der Waals surface area contributed by atoms with Crippen molar-refractivity contribution in [1.82, 2.24) is 5.32 Å². The van der Waals surface area contributed by atoms with E-state index in [0.29, 0.717) is 5.56 Å². The van der Waals surface area contributed by atoms with Crippen molar-refractivity contribution in [2.75, 3.05) is 0 Å². The molecule has 2 nitrogen and oxygen atoms in total. The van der Waals surface area contributed by atoms with Gasteiger partial charge in [0.2, 0.25) is 5.91 Å². The monoisotopic (exact) mass is 337 g/mol. The van der Waals surface area contributed by atoms with E-state index < -0.39 is 0 Å². The van der Waals surface area contributed by atoms with Crippen LogP contribution >= 0.6 is 0 Å². The highest BCUT2D eigenvalue weighted by Gasteiger charge is 2.22. The number of allylic oxidation sites excluding steroid dienone is 5. The summed E-state index contributed by atoms with van der Waals surface area (Å²) in [4.78, 5) is 12.5. The first kappa shape index (κ1) is 18.7. The van der Waals surface area contributed by atoms with Crippen molar-refractivity contribution >= 4 is 5.91 Å². The van der Waals surface area contributed by atoms with E-state index in [1.54, 1.807) is 12.1 Å². The molecule has 0 aliphatic heterocycles. The molecule has 25 heavy (non-hydrogen) atoms. The van der Waals surface area contributed by atoms with Crippen molar-refractivity contribution in [2.45, 2.75) is 39.7 Å². The number of carbonyl (C=O) groups excluding carboxylic acids is 1. The predicted molar refractivity (Wildman–Crippen MR) is 100 cm³/mol. The van der Waals surface area contributed by atoms with Gasteiger partial charge in [-0.05, 0) is 57.5 Å². The van der Waals surface area contributed by atoms with Crippen molar-refractivity contribution in [3.8, 4) is 11.8 Å². The highest BCUT2D eigenvalue weighted by atomic mass is 19.1. The summed E-state index contributed by atoms with van der Waals surface area (Å²) in [5, 5.41) is 3.01. The minimum absolute atomic E-state index is 0.0482. The van der Waals surface area contributed by atoms with Gasteiger partial charge in [-0.25, -0.2) is 4.39 Å². The summed E-state index contributed by atoms with van der Waals surface area (Å²) in [6.07, 6.45) is 8.45. The number of hydrogen-bond acceptors (Lipinski definition) is 1. The Balaban J connectivity index is 2.27. The minimum Gasteiger partial charge on any atom is -0.348 e. The lowest BCUT2D eigenvalue weighted by Crippen LogP contribution is -2.42. The van der Waals surface area contributed by atoms with Crippen LogP contribution in [0, 0.1) is 23.6 Å². The molecule has 1 aromatic carbocycles. The Hall–Kier alpha value is -2.60. The standard InChI is InChI=1S/C22H24FNO/c1-5-18-13-11-16(9-10-17-7-6-8-19(23)15-17)12-14-20(18)21(25)24-22(2,3)4/h6-8,11-15,18H,5H2,1-4H3,(H,24,25). The van der Waals surface area contributed by atoms with Gasteiger partial charge in [-0.15, -0.1) is 0 Å². The Morgan fingerprint density at radius 2 is 2.00 bits per heavy atom. The summed E-state index contributed by atoms with van der Waals surface area (Å²) in [5.41, 5.74) is 1.87. The lowest BCUT2D eigenvalue weighted by molar-refractivity contribution is -0.119. The number of halogens is 1. The first-order valence-corrected chi connectivity index (χ1v) is 8.48. The molecule has 1 atom stereocenters. The quantitative estimate of drug-likeness (QED) is 0.789. The molecule has 0 saturated carbocycles. The molecule has 0 aromatic heterocycles. The van der Waals surface area contributed by atoms with Crippen LogP contribution in [-0.4, -0.2) is 11.4 Å². The van der Waals surface area contributed by atoms with Crippen molar-refractivity contribution in [1.29, 1.82) is 0 Å². The van der Waals surface area contributed by atoms with E-state index in [1.165, 1.54) is 12.1 Å². The van der Waals surface area contributed by atoms with Crippen LogP contribution in [0.2, 0.25) is 0 Å². The summed E-state index contributed by atoms with van der Waals surface area (Å²) >= 11 is 0.